The maximum Gasteiger partial charge on any atom is 0.262 e. The summed E-state index contributed by atoms with van der Waals surface area (Å²) in [6.07, 6.45) is 0. The number of amides is 2. The van der Waals surface area contributed by atoms with Crippen LogP contribution in [0.5, 0.6) is 5.75 Å². The van der Waals surface area contributed by atoms with E-state index in [0.29, 0.717) is 17.1 Å². The summed E-state index contributed by atoms with van der Waals surface area (Å²) in [7, 11) is 0. The zero-order valence-electron chi connectivity index (χ0n) is 11.9. The highest BCUT2D eigenvalue weighted by molar-refractivity contribution is 9.10. The second kappa shape index (κ2) is 7.61. The standard InChI is InChI=1S/C16H15BrN2O3/c1-11(20)18-13-4-6-14(7-5-13)19-16(21)10-22-15-8-2-12(17)3-9-15/h2-9H,10H2,1H3,(H,18,20)(H,19,21). The minimum absolute atomic E-state index is 0.0743. The fraction of sp³-hybridized carbons (Fsp3) is 0.125. The van der Waals surface area contributed by atoms with Crippen molar-refractivity contribution in [1.29, 1.82) is 0 Å². The summed E-state index contributed by atoms with van der Waals surface area (Å²) in [5, 5.41) is 5.37. The van der Waals surface area contributed by atoms with Gasteiger partial charge in [-0.2, -0.15) is 0 Å². The van der Waals surface area contributed by atoms with Gasteiger partial charge >= 0.3 is 0 Å². The second-order valence-electron chi connectivity index (χ2n) is 4.55. The van der Waals surface area contributed by atoms with Crippen LogP contribution in [0.1, 0.15) is 6.92 Å². The van der Waals surface area contributed by atoms with E-state index in [-0.39, 0.29) is 18.4 Å². The molecule has 0 radical (unpaired) electrons. The Morgan fingerprint density at radius 3 is 2.05 bits per heavy atom. The summed E-state index contributed by atoms with van der Waals surface area (Å²) >= 11 is 3.33. The Bertz CT molecular complexity index is 654. The maximum absolute atomic E-state index is 11.8. The van der Waals surface area contributed by atoms with E-state index < -0.39 is 0 Å². The van der Waals surface area contributed by atoms with Crippen LogP contribution in [0, 0.1) is 0 Å². The average Bonchev–Trinajstić information content (AvgIpc) is 2.48. The molecule has 2 aromatic carbocycles. The Hall–Kier alpha value is -2.34. The van der Waals surface area contributed by atoms with Gasteiger partial charge < -0.3 is 15.4 Å². The summed E-state index contributed by atoms with van der Waals surface area (Å²) < 4.78 is 6.33. The van der Waals surface area contributed by atoms with Gasteiger partial charge in [0.2, 0.25) is 5.91 Å². The molecule has 0 aliphatic heterocycles. The molecule has 0 atom stereocenters. The Kier molecular flexibility index (Phi) is 5.55. The Morgan fingerprint density at radius 2 is 1.50 bits per heavy atom. The predicted molar refractivity (Wildman–Crippen MR) is 89.0 cm³/mol. The van der Waals surface area contributed by atoms with E-state index in [0.717, 1.165) is 4.47 Å². The van der Waals surface area contributed by atoms with Crippen molar-refractivity contribution in [2.45, 2.75) is 6.92 Å². The fourth-order valence-electron chi connectivity index (χ4n) is 1.72. The van der Waals surface area contributed by atoms with Crippen LogP contribution < -0.4 is 15.4 Å². The third kappa shape index (κ3) is 5.21. The first-order chi connectivity index (χ1) is 10.5. The highest BCUT2D eigenvalue weighted by Gasteiger charge is 2.04. The molecular formula is C16H15BrN2O3. The van der Waals surface area contributed by atoms with Crippen molar-refractivity contribution in [2.75, 3.05) is 17.2 Å². The molecule has 0 aromatic heterocycles. The quantitative estimate of drug-likeness (QED) is 0.855. The molecule has 2 N–H and O–H groups in total. The molecule has 0 saturated heterocycles. The van der Waals surface area contributed by atoms with Gasteiger partial charge in [0.1, 0.15) is 5.75 Å². The Labute approximate surface area is 136 Å². The first-order valence-electron chi connectivity index (χ1n) is 6.59. The van der Waals surface area contributed by atoms with Crippen molar-refractivity contribution in [2.24, 2.45) is 0 Å². The number of ether oxygens (including phenoxy) is 1. The molecule has 22 heavy (non-hydrogen) atoms. The number of anilines is 2. The van der Waals surface area contributed by atoms with Crippen molar-refractivity contribution in [3.05, 3.63) is 53.0 Å². The normalized spacial score (nSPS) is 9.91. The summed E-state index contributed by atoms with van der Waals surface area (Å²) in [5.41, 5.74) is 1.31. The van der Waals surface area contributed by atoms with Crippen molar-refractivity contribution < 1.29 is 14.3 Å². The van der Waals surface area contributed by atoms with Crippen LogP contribution in [0.4, 0.5) is 11.4 Å². The lowest BCUT2D eigenvalue weighted by Gasteiger charge is -2.08. The zero-order chi connectivity index (χ0) is 15.9. The van der Waals surface area contributed by atoms with E-state index in [1.807, 2.05) is 12.1 Å². The smallest absolute Gasteiger partial charge is 0.262 e. The van der Waals surface area contributed by atoms with E-state index in [9.17, 15) is 9.59 Å². The highest BCUT2D eigenvalue weighted by atomic mass is 79.9. The molecular weight excluding hydrogens is 348 g/mol. The SMILES string of the molecule is CC(=O)Nc1ccc(NC(=O)COc2ccc(Br)cc2)cc1. The van der Waals surface area contributed by atoms with Crippen LogP contribution >= 0.6 is 15.9 Å². The number of hydrogen-bond acceptors (Lipinski definition) is 3. The maximum atomic E-state index is 11.8. The molecule has 5 nitrogen and oxygen atoms in total. The van der Waals surface area contributed by atoms with Crippen LogP contribution in [-0.2, 0) is 9.59 Å². The van der Waals surface area contributed by atoms with Gasteiger partial charge in [-0.15, -0.1) is 0 Å². The number of carbonyl (C=O) groups is 2. The van der Waals surface area contributed by atoms with Gasteiger partial charge in [-0.1, -0.05) is 15.9 Å². The number of nitrogens with one attached hydrogen (secondary N) is 2. The molecule has 0 heterocycles. The van der Waals surface area contributed by atoms with E-state index in [1.165, 1.54) is 6.92 Å². The minimum Gasteiger partial charge on any atom is -0.484 e. The molecule has 0 aliphatic rings. The van der Waals surface area contributed by atoms with Gasteiger partial charge in [0.25, 0.3) is 5.91 Å². The van der Waals surface area contributed by atoms with Crippen molar-refractivity contribution >= 4 is 39.1 Å². The Balaban J connectivity index is 1.83. The fourth-order valence-corrected chi connectivity index (χ4v) is 1.98. The van der Waals surface area contributed by atoms with Crippen LogP contribution in [-0.4, -0.2) is 18.4 Å². The van der Waals surface area contributed by atoms with E-state index in [2.05, 4.69) is 26.6 Å². The van der Waals surface area contributed by atoms with E-state index in [1.54, 1.807) is 36.4 Å². The molecule has 0 unspecified atom stereocenters. The number of rotatable bonds is 5. The highest BCUT2D eigenvalue weighted by Crippen LogP contribution is 2.16. The summed E-state index contributed by atoms with van der Waals surface area (Å²) in [6, 6.07) is 14.1. The number of hydrogen-bond donors (Lipinski definition) is 2. The zero-order valence-corrected chi connectivity index (χ0v) is 13.5. The summed E-state index contributed by atoms with van der Waals surface area (Å²) in [5.74, 6) is 0.231. The molecule has 0 fully saturated rings. The van der Waals surface area contributed by atoms with Crippen LogP contribution in [0.2, 0.25) is 0 Å². The van der Waals surface area contributed by atoms with Gasteiger partial charge in [0.05, 0.1) is 0 Å². The van der Waals surface area contributed by atoms with Gasteiger partial charge in [-0.25, -0.2) is 0 Å². The van der Waals surface area contributed by atoms with Crippen molar-refractivity contribution in [3.63, 3.8) is 0 Å². The molecule has 114 valence electrons. The molecule has 0 spiro atoms. The van der Waals surface area contributed by atoms with E-state index >= 15 is 0 Å². The van der Waals surface area contributed by atoms with E-state index in [4.69, 9.17) is 4.74 Å². The van der Waals surface area contributed by atoms with Crippen LogP contribution in [0.25, 0.3) is 0 Å². The van der Waals surface area contributed by atoms with Gasteiger partial charge in [0.15, 0.2) is 6.61 Å². The lowest BCUT2D eigenvalue weighted by atomic mass is 10.2. The lowest BCUT2D eigenvalue weighted by molar-refractivity contribution is -0.118. The molecule has 2 aromatic rings. The molecule has 0 bridgehead atoms. The van der Waals surface area contributed by atoms with Crippen molar-refractivity contribution in [3.8, 4) is 5.75 Å². The average molecular weight is 363 g/mol. The van der Waals surface area contributed by atoms with Crippen LogP contribution in [0.15, 0.2) is 53.0 Å². The first-order valence-corrected chi connectivity index (χ1v) is 7.38. The van der Waals surface area contributed by atoms with Gasteiger partial charge in [-0.3, -0.25) is 9.59 Å². The number of halogens is 1. The second-order valence-corrected chi connectivity index (χ2v) is 5.46. The number of carbonyl (C=O) groups excluding carboxylic acids is 2. The third-order valence-electron chi connectivity index (χ3n) is 2.67. The Morgan fingerprint density at radius 1 is 0.955 bits per heavy atom. The molecule has 6 heteroatoms. The monoisotopic (exact) mass is 362 g/mol. The summed E-state index contributed by atoms with van der Waals surface area (Å²) in [4.78, 5) is 22.7. The molecule has 0 aliphatic carbocycles. The third-order valence-corrected chi connectivity index (χ3v) is 3.20. The van der Waals surface area contributed by atoms with Gasteiger partial charge in [0, 0.05) is 22.8 Å². The molecule has 2 rings (SSSR count). The predicted octanol–water partition coefficient (Wildman–Crippen LogP) is 3.43. The summed E-state index contributed by atoms with van der Waals surface area (Å²) in [6.45, 7) is 1.37. The van der Waals surface area contributed by atoms with Gasteiger partial charge in [-0.05, 0) is 48.5 Å². The topological polar surface area (TPSA) is 67.4 Å². The molecule has 2 amide bonds. The van der Waals surface area contributed by atoms with Crippen molar-refractivity contribution in [1.82, 2.24) is 0 Å². The van der Waals surface area contributed by atoms with Crippen LogP contribution in [0.3, 0.4) is 0 Å². The first kappa shape index (κ1) is 16.0. The lowest BCUT2D eigenvalue weighted by Crippen LogP contribution is -2.20. The minimum atomic E-state index is -0.254. The number of benzene rings is 2. The molecule has 0 saturated carbocycles. The largest absolute Gasteiger partial charge is 0.484 e.